The Balaban J connectivity index is 3.51. The summed E-state index contributed by atoms with van der Waals surface area (Å²) in [6.45, 7) is 2.99. The second-order valence-electron chi connectivity index (χ2n) is 2.49. The number of carbonyl (C=O) groups is 1. The molecule has 0 radical (unpaired) electrons. The first kappa shape index (κ1) is 11.8. The molecule has 1 atom stereocenters. The summed E-state index contributed by atoms with van der Waals surface area (Å²) in [6, 6.07) is 0. The molecule has 1 nitrogen and oxygen atoms in total. The first-order valence-corrected chi connectivity index (χ1v) is 4.56. The zero-order valence-electron chi connectivity index (χ0n) is 6.94. The van der Waals surface area contributed by atoms with E-state index >= 15 is 0 Å². The first-order valence-electron chi connectivity index (χ1n) is 3.52. The van der Waals surface area contributed by atoms with Crippen LogP contribution in [0.4, 0.5) is 13.2 Å². The predicted octanol–water partition coefficient (Wildman–Crippen LogP) is 2.65. The highest BCUT2D eigenvalue weighted by atomic mass is 32.2. The number of thioether (sulfide) groups is 1. The van der Waals surface area contributed by atoms with E-state index in [4.69, 9.17) is 0 Å². The van der Waals surface area contributed by atoms with Crippen molar-refractivity contribution in [2.45, 2.75) is 31.7 Å². The topological polar surface area (TPSA) is 17.1 Å². The van der Waals surface area contributed by atoms with Gasteiger partial charge in [0.05, 0.1) is 11.7 Å². The zero-order valence-corrected chi connectivity index (χ0v) is 7.76. The van der Waals surface area contributed by atoms with Gasteiger partial charge in [0, 0.05) is 5.75 Å². The molecule has 0 saturated heterocycles. The minimum absolute atomic E-state index is 0.0375. The third-order valence-electron chi connectivity index (χ3n) is 1.33. The van der Waals surface area contributed by atoms with Crippen LogP contribution >= 0.6 is 11.8 Å². The zero-order chi connectivity index (χ0) is 9.78. The lowest BCUT2D eigenvalue weighted by Crippen LogP contribution is -2.13. The third-order valence-corrected chi connectivity index (χ3v) is 2.60. The van der Waals surface area contributed by atoms with Crippen molar-refractivity contribution >= 4 is 17.5 Å². The quantitative estimate of drug-likeness (QED) is 0.694. The molecule has 0 aliphatic heterocycles. The summed E-state index contributed by atoms with van der Waals surface area (Å²) in [5.74, 6) is -0.119. The van der Waals surface area contributed by atoms with Crippen molar-refractivity contribution in [1.82, 2.24) is 0 Å². The minimum Gasteiger partial charge on any atom is -0.299 e. The monoisotopic (exact) mass is 200 g/mol. The van der Waals surface area contributed by atoms with Gasteiger partial charge in [-0.25, -0.2) is 0 Å². The van der Waals surface area contributed by atoms with Gasteiger partial charge in [0.15, 0.2) is 0 Å². The summed E-state index contributed by atoms with van der Waals surface area (Å²) in [6.07, 6.45) is -4.93. The predicted molar refractivity (Wildman–Crippen MR) is 43.3 cm³/mol. The van der Waals surface area contributed by atoms with Crippen LogP contribution in [-0.4, -0.2) is 23.0 Å². The number of halogens is 3. The fourth-order valence-electron chi connectivity index (χ4n) is 0.469. The van der Waals surface area contributed by atoms with Crippen LogP contribution < -0.4 is 0 Å². The minimum atomic E-state index is -4.11. The van der Waals surface area contributed by atoms with Crippen LogP contribution in [0, 0.1) is 0 Å². The summed E-state index contributed by atoms with van der Waals surface area (Å²) >= 11 is 1.04. The summed E-state index contributed by atoms with van der Waals surface area (Å²) < 4.78 is 34.8. The Labute approximate surface area is 73.7 Å². The second kappa shape index (κ2) is 4.74. The highest BCUT2D eigenvalue weighted by molar-refractivity contribution is 8.00. The maximum atomic E-state index is 11.6. The van der Waals surface area contributed by atoms with Crippen LogP contribution in [-0.2, 0) is 4.79 Å². The van der Waals surface area contributed by atoms with Gasteiger partial charge in [-0.05, 0) is 13.8 Å². The van der Waals surface area contributed by atoms with Gasteiger partial charge in [0.1, 0.15) is 5.78 Å². The fourth-order valence-corrected chi connectivity index (χ4v) is 1.41. The Morgan fingerprint density at radius 2 is 2.00 bits per heavy atom. The van der Waals surface area contributed by atoms with Gasteiger partial charge in [-0.2, -0.15) is 24.9 Å². The van der Waals surface area contributed by atoms with E-state index in [2.05, 4.69) is 0 Å². The van der Waals surface area contributed by atoms with Crippen LogP contribution in [0.5, 0.6) is 0 Å². The number of ketones is 1. The molecule has 0 spiro atoms. The molecule has 0 N–H and O–H groups in total. The molecule has 72 valence electrons. The number of alkyl halides is 3. The Bertz CT molecular complexity index is 155. The van der Waals surface area contributed by atoms with E-state index < -0.39 is 12.6 Å². The molecule has 0 amide bonds. The molecule has 0 bridgehead atoms. The van der Waals surface area contributed by atoms with E-state index in [9.17, 15) is 18.0 Å². The third kappa shape index (κ3) is 6.52. The lowest BCUT2D eigenvalue weighted by Gasteiger charge is -2.08. The Hall–Kier alpha value is -0.190. The van der Waals surface area contributed by atoms with Crippen LogP contribution in [0.1, 0.15) is 20.3 Å². The maximum Gasteiger partial charge on any atom is 0.389 e. The summed E-state index contributed by atoms with van der Waals surface area (Å²) in [5, 5.41) is -0.327. The second-order valence-corrected chi connectivity index (χ2v) is 3.94. The van der Waals surface area contributed by atoms with E-state index in [0.717, 1.165) is 11.8 Å². The molecule has 0 heterocycles. The van der Waals surface area contributed by atoms with Crippen LogP contribution in [0.3, 0.4) is 0 Å². The molecule has 0 aliphatic rings. The summed E-state index contributed by atoms with van der Waals surface area (Å²) in [5.41, 5.74) is 0. The molecular formula is C7H11F3OS. The van der Waals surface area contributed by atoms with E-state index in [0.29, 0.717) is 0 Å². The molecule has 0 aliphatic carbocycles. The molecule has 0 rings (SSSR count). The fraction of sp³-hybridized carbons (Fsp3) is 0.857. The Kier molecular flexibility index (Phi) is 4.67. The normalized spacial score (nSPS) is 14.4. The lowest BCUT2D eigenvalue weighted by atomic mass is 10.3. The molecule has 5 heteroatoms. The average Bonchev–Trinajstić information content (AvgIpc) is 1.84. The summed E-state index contributed by atoms with van der Waals surface area (Å²) in [7, 11) is 0. The Morgan fingerprint density at radius 1 is 1.50 bits per heavy atom. The number of hydrogen-bond acceptors (Lipinski definition) is 2. The standard InChI is InChI=1S/C7H11F3OS/c1-5(11)6(2)12-4-3-7(8,9)10/h6H,3-4H2,1-2H3/t6-/m1/s1. The number of rotatable bonds is 4. The lowest BCUT2D eigenvalue weighted by molar-refractivity contribution is -0.129. The number of carbonyl (C=O) groups excluding carboxylic acids is 1. The van der Waals surface area contributed by atoms with Gasteiger partial charge in [-0.15, -0.1) is 0 Å². The van der Waals surface area contributed by atoms with Crippen molar-refractivity contribution in [3.8, 4) is 0 Å². The molecular weight excluding hydrogens is 189 g/mol. The van der Waals surface area contributed by atoms with Crippen molar-refractivity contribution in [3.05, 3.63) is 0 Å². The SMILES string of the molecule is CC(=O)[C@@H](C)SCCC(F)(F)F. The smallest absolute Gasteiger partial charge is 0.299 e. The van der Waals surface area contributed by atoms with Crippen LogP contribution in [0.2, 0.25) is 0 Å². The van der Waals surface area contributed by atoms with Crippen LogP contribution in [0.15, 0.2) is 0 Å². The van der Waals surface area contributed by atoms with Crippen molar-refractivity contribution < 1.29 is 18.0 Å². The van der Waals surface area contributed by atoms with E-state index in [1.165, 1.54) is 6.92 Å². The maximum absolute atomic E-state index is 11.6. The number of Topliss-reactive ketones (excluding diaryl/α,β-unsaturated/α-hetero) is 1. The van der Waals surface area contributed by atoms with Crippen molar-refractivity contribution in [1.29, 1.82) is 0 Å². The first-order chi connectivity index (χ1) is 5.33. The van der Waals surface area contributed by atoms with Gasteiger partial charge >= 0.3 is 6.18 Å². The largest absolute Gasteiger partial charge is 0.389 e. The van der Waals surface area contributed by atoms with E-state index in [1.54, 1.807) is 6.92 Å². The van der Waals surface area contributed by atoms with Gasteiger partial charge < -0.3 is 0 Å². The van der Waals surface area contributed by atoms with E-state index in [1.807, 2.05) is 0 Å². The molecule has 0 aromatic rings. The number of hydrogen-bond donors (Lipinski definition) is 0. The molecule has 0 fully saturated rings. The molecule has 0 aromatic heterocycles. The van der Waals surface area contributed by atoms with E-state index in [-0.39, 0.29) is 16.8 Å². The van der Waals surface area contributed by atoms with Crippen molar-refractivity contribution in [2.75, 3.05) is 5.75 Å². The van der Waals surface area contributed by atoms with Gasteiger partial charge in [-0.1, -0.05) is 0 Å². The molecule has 12 heavy (non-hydrogen) atoms. The average molecular weight is 200 g/mol. The van der Waals surface area contributed by atoms with Crippen LogP contribution in [0.25, 0.3) is 0 Å². The molecule has 0 unspecified atom stereocenters. The highest BCUT2D eigenvalue weighted by Crippen LogP contribution is 2.23. The molecule has 0 aromatic carbocycles. The van der Waals surface area contributed by atoms with Crippen molar-refractivity contribution in [3.63, 3.8) is 0 Å². The van der Waals surface area contributed by atoms with Crippen molar-refractivity contribution in [2.24, 2.45) is 0 Å². The van der Waals surface area contributed by atoms with Gasteiger partial charge in [-0.3, -0.25) is 4.79 Å². The van der Waals surface area contributed by atoms with Gasteiger partial charge in [0.2, 0.25) is 0 Å². The molecule has 0 saturated carbocycles. The Morgan fingerprint density at radius 3 is 2.33 bits per heavy atom. The summed E-state index contributed by atoms with van der Waals surface area (Å²) in [4.78, 5) is 10.6. The van der Waals surface area contributed by atoms with Gasteiger partial charge in [0.25, 0.3) is 0 Å². The highest BCUT2D eigenvalue weighted by Gasteiger charge is 2.26.